The van der Waals surface area contributed by atoms with Crippen molar-refractivity contribution in [2.45, 2.75) is 6.42 Å². The molecule has 0 unspecified atom stereocenters. The van der Waals surface area contributed by atoms with Gasteiger partial charge in [-0.25, -0.2) is 4.98 Å². The van der Waals surface area contributed by atoms with Gasteiger partial charge in [-0.05, 0) is 13.1 Å². The van der Waals surface area contributed by atoms with E-state index in [2.05, 4.69) is 26.2 Å². The van der Waals surface area contributed by atoms with Crippen LogP contribution in [-0.4, -0.2) is 23.1 Å². The fraction of sp³-hybridized carbons (Fsp3) is 0.308. The summed E-state index contributed by atoms with van der Waals surface area (Å²) in [6.07, 6.45) is 0.827. The number of hydrogen-bond donors (Lipinski definition) is 1. The lowest BCUT2D eigenvalue weighted by molar-refractivity contribution is 0.779. The van der Waals surface area contributed by atoms with Gasteiger partial charge in [-0.15, -0.1) is 0 Å². The van der Waals surface area contributed by atoms with Crippen LogP contribution >= 0.6 is 27.5 Å². The number of rotatable bonds is 4. The van der Waals surface area contributed by atoms with E-state index in [1.165, 1.54) is 0 Å². The lowest BCUT2D eigenvalue weighted by Crippen LogP contribution is -2.10. The molecule has 0 saturated carbocycles. The summed E-state index contributed by atoms with van der Waals surface area (Å²) in [7, 11) is 3.86. The Hall–Kier alpha value is -0.840. The smallest absolute Gasteiger partial charge is 0.142 e. The number of nitrogens with zero attached hydrogens (tertiary/aromatic N) is 2. The summed E-state index contributed by atoms with van der Waals surface area (Å²) in [4.78, 5) is 4.64. The second-order valence-electron chi connectivity index (χ2n) is 4.07. The van der Waals surface area contributed by atoms with Gasteiger partial charge in [0.1, 0.15) is 11.0 Å². The van der Waals surface area contributed by atoms with Crippen LogP contribution in [0.2, 0.25) is 5.15 Å². The van der Waals surface area contributed by atoms with Crippen LogP contribution in [0.15, 0.2) is 28.7 Å². The zero-order valence-corrected chi connectivity index (χ0v) is 12.7. The largest absolute Gasteiger partial charge is 0.319 e. The maximum atomic E-state index is 6.31. The van der Waals surface area contributed by atoms with E-state index in [0.29, 0.717) is 5.15 Å². The first-order valence-corrected chi connectivity index (χ1v) is 6.93. The van der Waals surface area contributed by atoms with Crippen molar-refractivity contribution in [3.8, 4) is 11.4 Å². The molecule has 1 aromatic carbocycles. The second kappa shape index (κ2) is 5.87. The summed E-state index contributed by atoms with van der Waals surface area (Å²) in [5, 5.41) is 3.81. The third kappa shape index (κ3) is 2.60. The van der Waals surface area contributed by atoms with Gasteiger partial charge >= 0.3 is 0 Å². The molecule has 1 N–H and O–H groups in total. The minimum absolute atomic E-state index is 0.705. The summed E-state index contributed by atoms with van der Waals surface area (Å²) in [5.74, 6) is 0.888. The van der Waals surface area contributed by atoms with Crippen LogP contribution in [0, 0.1) is 0 Å². The highest BCUT2D eigenvalue weighted by Gasteiger charge is 2.15. The maximum Gasteiger partial charge on any atom is 0.142 e. The summed E-state index contributed by atoms with van der Waals surface area (Å²) in [6, 6.07) is 8.02. The van der Waals surface area contributed by atoms with E-state index < -0.39 is 0 Å². The van der Waals surface area contributed by atoms with Gasteiger partial charge in [0.05, 0.1) is 5.69 Å². The SMILES string of the molecule is CNCCc1nc(-c2ccccc2Br)n(C)c1Cl. The average molecular weight is 329 g/mol. The Morgan fingerprint density at radius 3 is 2.78 bits per heavy atom. The van der Waals surface area contributed by atoms with E-state index in [1.54, 1.807) is 0 Å². The molecule has 0 aliphatic carbocycles. The minimum atomic E-state index is 0.705. The number of likely N-dealkylation sites (N-methyl/N-ethyl adjacent to an activating group) is 1. The Labute approximate surface area is 120 Å². The molecule has 0 atom stereocenters. The Balaban J connectivity index is 2.43. The van der Waals surface area contributed by atoms with Crippen molar-refractivity contribution in [3.05, 3.63) is 39.6 Å². The molecular formula is C13H15BrClN3. The number of hydrogen-bond acceptors (Lipinski definition) is 2. The highest BCUT2D eigenvalue weighted by atomic mass is 79.9. The van der Waals surface area contributed by atoms with Crippen molar-refractivity contribution in [1.29, 1.82) is 0 Å². The zero-order chi connectivity index (χ0) is 13.1. The molecule has 0 saturated heterocycles. The van der Waals surface area contributed by atoms with Crippen LogP contribution in [-0.2, 0) is 13.5 Å². The van der Waals surface area contributed by atoms with E-state index >= 15 is 0 Å². The van der Waals surface area contributed by atoms with Crippen LogP contribution in [0.5, 0.6) is 0 Å². The summed E-state index contributed by atoms with van der Waals surface area (Å²) < 4.78 is 2.95. The van der Waals surface area contributed by atoms with Gasteiger partial charge in [0.25, 0.3) is 0 Å². The van der Waals surface area contributed by atoms with Crippen LogP contribution in [0.3, 0.4) is 0 Å². The molecular weight excluding hydrogens is 314 g/mol. The topological polar surface area (TPSA) is 29.9 Å². The molecule has 1 aromatic heterocycles. The van der Waals surface area contributed by atoms with Gasteiger partial charge in [0.2, 0.25) is 0 Å². The fourth-order valence-corrected chi connectivity index (χ4v) is 2.50. The zero-order valence-electron chi connectivity index (χ0n) is 10.4. The summed E-state index contributed by atoms with van der Waals surface area (Å²) >= 11 is 9.85. The number of halogens is 2. The molecule has 0 spiro atoms. The number of imidazole rings is 1. The quantitative estimate of drug-likeness (QED) is 0.933. The van der Waals surface area contributed by atoms with Gasteiger partial charge in [0.15, 0.2) is 0 Å². The summed E-state index contributed by atoms with van der Waals surface area (Å²) in [5.41, 5.74) is 1.98. The Kier molecular flexibility index (Phi) is 4.43. The number of benzene rings is 1. The van der Waals surface area contributed by atoms with Gasteiger partial charge in [-0.1, -0.05) is 45.7 Å². The lowest BCUT2D eigenvalue weighted by Gasteiger charge is -2.04. The first-order chi connectivity index (χ1) is 8.65. The van der Waals surface area contributed by atoms with Crippen molar-refractivity contribution in [2.75, 3.05) is 13.6 Å². The number of nitrogens with one attached hydrogen (secondary N) is 1. The maximum absolute atomic E-state index is 6.31. The van der Waals surface area contributed by atoms with Gasteiger partial charge in [-0.3, -0.25) is 0 Å². The molecule has 96 valence electrons. The van der Waals surface area contributed by atoms with Crippen molar-refractivity contribution < 1.29 is 0 Å². The molecule has 0 radical (unpaired) electrons. The predicted molar refractivity (Wildman–Crippen MR) is 79.0 cm³/mol. The second-order valence-corrected chi connectivity index (χ2v) is 5.28. The average Bonchev–Trinajstić information content (AvgIpc) is 2.65. The fourth-order valence-electron chi connectivity index (χ4n) is 1.82. The molecule has 0 amide bonds. The molecule has 0 aliphatic heterocycles. The molecule has 2 aromatic rings. The van der Waals surface area contributed by atoms with E-state index in [-0.39, 0.29) is 0 Å². The summed E-state index contributed by atoms with van der Waals surface area (Å²) in [6.45, 7) is 0.867. The molecule has 0 fully saturated rings. The van der Waals surface area contributed by atoms with Crippen molar-refractivity contribution >= 4 is 27.5 Å². The van der Waals surface area contributed by atoms with Gasteiger partial charge in [0, 0.05) is 30.0 Å². The van der Waals surface area contributed by atoms with E-state index in [0.717, 1.165) is 34.5 Å². The van der Waals surface area contributed by atoms with Crippen molar-refractivity contribution in [1.82, 2.24) is 14.9 Å². The molecule has 2 rings (SSSR count). The van der Waals surface area contributed by atoms with Gasteiger partial charge < -0.3 is 9.88 Å². The predicted octanol–water partition coefficient (Wildman–Crippen LogP) is 3.26. The van der Waals surface area contributed by atoms with Crippen LogP contribution < -0.4 is 5.32 Å². The Morgan fingerprint density at radius 1 is 1.39 bits per heavy atom. The van der Waals surface area contributed by atoms with E-state index in [4.69, 9.17) is 11.6 Å². The standard InChI is InChI=1S/C13H15BrClN3/c1-16-8-7-11-12(15)18(2)13(17-11)9-5-3-4-6-10(9)14/h3-6,16H,7-8H2,1-2H3. The van der Waals surface area contributed by atoms with Crippen LogP contribution in [0.1, 0.15) is 5.69 Å². The molecule has 0 bridgehead atoms. The highest BCUT2D eigenvalue weighted by Crippen LogP contribution is 2.30. The van der Waals surface area contributed by atoms with E-state index in [9.17, 15) is 0 Å². The Morgan fingerprint density at radius 2 is 2.11 bits per heavy atom. The number of aromatic nitrogens is 2. The molecule has 1 heterocycles. The minimum Gasteiger partial charge on any atom is -0.319 e. The van der Waals surface area contributed by atoms with Crippen LogP contribution in [0.25, 0.3) is 11.4 Å². The first kappa shape index (κ1) is 13.6. The molecule has 3 nitrogen and oxygen atoms in total. The molecule has 5 heteroatoms. The third-order valence-electron chi connectivity index (χ3n) is 2.82. The van der Waals surface area contributed by atoms with Crippen molar-refractivity contribution in [2.24, 2.45) is 7.05 Å². The molecule has 0 aliphatic rings. The third-order valence-corrected chi connectivity index (χ3v) is 3.98. The highest BCUT2D eigenvalue weighted by molar-refractivity contribution is 9.10. The van der Waals surface area contributed by atoms with Crippen molar-refractivity contribution in [3.63, 3.8) is 0 Å². The Bertz CT molecular complexity index is 551. The van der Waals surface area contributed by atoms with Gasteiger partial charge in [-0.2, -0.15) is 0 Å². The van der Waals surface area contributed by atoms with Crippen LogP contribution in [0.4, 0.5) is 0 Å². The monoisotopic (exact) mass is 327 g/mol. The molecule has 18 heavy (non-hydrogen) atoms. The van der Waals surface area contributed by atoms with E-state index in [1.807, 2.05) is 42.9 Å². The lowest BCUT2D eigenvalue weighted by atomic mass is 10.2. The first-order valence-electron chi connectivity index (χ1n) is 5.75. The normalized spacial score (nSPS) is 10.9.